The molecule has 0 saturated heterocycles. The number of imidazole rings is 1. The van der Waals surface area contributed by atoms with E-state index in [0.717, 1.165) is 34.0 Å². The minimum Gasteiger partial charge on any atom is -0.383 e. The summed E-state index contributed by atoms with van der Waals surface area (Å²) in [5, 5.41) is 10.9. The van der Waals surface area contributed by atoms with E-state index in [1.807, 2.05) is 34.2 Å². The van der Waals surface area contributed by atoms with Crippen LogP contribution in [0.1, 0.15) is 18.2 Å². The van der Waals surface area contributed by atoms with Crippen LogP contribution in [-0.2, 0) is 17.6 Å². The number of rotatable bonds is 8. The van der Waals surface area contributed by atoms with Gasteiger partial charge >= 0.3 is 0 Å². The third-order valence-corrected chi connectivity index (χ3v) is 6.72. The van der Waals surface area contributed by atoms with Crippen molar-refractivity contribution in [3.63, 3.8) is 0 Å². The molecule has 2 aromatic heterocycles. The second kappa shape index (κ2) is 9.46. The van der Waals surface area contributed by atoms with Crippen LogP contribution in [0.15, 0.2) is 78.3 Å². The zero-order valence-electron chi connectivity index (χ0n) is 18.5. The van der Waals surface area contributed by atoms with E-state index >= 15 is 0 Å². The summed E-state index contributed by atoms with van der Waals surface area (Å²) >= 11 is 1.57. The Morgan fingerprint density at radius 2 is 1.82 bits per heavy atom. The Bertz CT molecular complexity index is 1400. The highest BCUT2D eigenvalue weighted by Gasteiger charge is 2.12. The van der Waals surface area contributed by atoms with Gasteiger partial charge in [0.1, 0.15) is 0 Å². The molecule has 0 saturated carbocycles. The monoisotopic (exact) mass is 454 g/mol. The molecule has 5 nitrogen and oxygen atoms in total. The van der Waals surface area contributed by atoms with Crippen molar-refractivity contribution in [1.82, 2.24) is 14.7 Å². The minimum atomic E-state index is 0.0111. The van der Waals surface area contributed by atoms with Crippen molar-refractivity contribution in [3.05, 3.63) is 89.6 Å². The van der Waals surface area contributed by atoms with Crippen molar-refractivity contribution in [3.8, 4) is 11.3 Å². The number of hydrogen-bond acceptors (Lipinski definition) is 4. The van der Waals surface area contributed by atoms with Crippen LogP contribution in [0.2, 0.25) is 0 Å². The topological polar surface area (TPSA) is 58.4 Å². The molecule has 33 heavy (non-hydrogen) atoms. The van der Waals surface area contributed by atoms with Gasteiger partial charge in [-0.3, -0.25) is 9.20 Å². The molecule has 0 fully saturated rings. The van der Waals surface area contributed by atoms with E-state index in [2.05, 4.69) is 66.1 Å². The Hall–Kier alpha value is -3.64. The maximum atomic E-state index is 12.6. The van der Waals surface area contributed by atoms with Crippen molar-refractivity contribution >= 4 is 38.7 Å². The molecule has 6 heteroatoms. The van der Waals surface area contributed by atoms with Crippen LogP contribution in [0.3, 0.4) is 0 Å². The molecule has 0 bridgehead atoms. The van der Waals surface area contributed by atoms with Crippen LogP contribution in [0.25, 0.3) is 27.0 Å². The summed E-state index contributed by atoms with van der Waals surface area (Å²) in [5.74, 6) is 0.0111. The van der Waals surface area contributed by atoms with Gasteiger partial charge in [-0.25, -0.2) is 4.98 Å². The number of benzene rings is 3. The lowest BCUT2D eigenvalue weighted by atomic mass is 10.1. The van der Waals surface area contributed by atoms with Gasteiger partial charge in [0.15, 0.2) is 4.96 Å². The van der Waals surface area contributed by atoms with Crippen molar-refractivity contribution in [2.75, 3.05) is 18.4 Å². The van der Waals surface area contributed by atoms with E-state index in [4.69, 9.17) is 4.98 Å². The van der Waals surface area contributed by atoms with Crippen LogP contribution in [0.5, 0.6) is 0 Å². The predicted octanol–water partition coefficient (Wildman–Crippen LogP) is 5.55. The first kappa shape index (κ1) is 21.2. The average Bonchev–Trinajstić information content (AvgIpc) is 3.44. The van der Waals surface area contributed by atoms with Crippen molar-refractivity contribution in [2.24, 2.45) is 0 Å². The zero-order valence-corrected chi connectivity index (χ0v) is 19.4. The molecule has 1 amide bonds. The second-order valence-electron chi connectivity index (χ2n) is 8.04. The maximum Gasteiger partial charge on any atom is 0.226 e. The fourth-order valence-electron chi connectivity index (χ4n) is 4.01. The van der Waals surface area contributed by atoms with Crippen LogP contribution in [-0.4, -0.2) is 28.4 Å². The summed E-state index contributed by atoms with van der Waals surface area (Å²) in [6.07, 6.45) is 3.38. The highest BCUT2D eigenvalue weighted by molar-refractivity contribution is 7.15. The number of aryl methyl sites for hydroxylation is 1. The molecule has 2 N–H and O–H groups in total. The quantitative estimate of drug-likeness (QED) is 0.302. The number of fused-ring (bicyclic) bond motifs is 2. The lowest BCUT2D eigenvalue weighted by Gasteiger charge is -2.10. The number of anilines is 1. The largest absolute Gasteiger partial charge is 0.383 e. The molecule has 166 valence electrons. The first-order valence-electron chi connectivity index (χ1n) is 11.2. The van der Waals surface area contributed by atoms with Crippen molar-refractivity contribution in [1.29, 1.82) is 0 Å². The lowest BCUT2D eigenvalue weighted by Crippen LogP contribution is -2.30. The van der Waals surface area contributed by atoms with E-state index in [-0.39, 0.29) is 5.91 Å². The number of nitrogens with zero attached hydrogens (tertiary/aromatic N) is 2. The highest BCUT2D eigenvalue weighted by Crippen LogP contribution is 2.25. The fourth-order valence-corrected chi connectivity index (χ4v) is 4.89. The predicted molar refractivity (Wildman–Crippen MR) is 137 cm³/mol. The molecular formula is C27H26N4OS. The van der Waals surface area contributed by atoms with E-state index in [1.54, 1.807) is 11.3 Å². The molecule has 0 radical (unpaired) electrons. The number of hydrogen-bond donors (Lipinski definition) is 2. The van der Waals surface area contributed by atoms with Gasteiger partial charge in [0.05, 0.1) is 12.1 Å². The zero-order chi connectivity index (χ0) is 22.6. The van der Waals surface area contributed by atoms with E-state index in [0.29, 0.717) is 19.5 Å². The van der Waals surface area contributed by atoms with Crippen molar-refractivity contribution in [2.45, 2.75) is 19.8 Å². The SMILES string of the molecule is CCc1ccc(-c2cn3c(CC(=O)NCCNc4cccc5ccccc45)csc3n2)cc1. The van der Waals surface area contributed by atoms with Gasteiger partial charge in [0, 0.05) is 47.0 Å². The highest BCUT2D eigenvalue weighted by atomic mass is 32.1. The van der Waals surface area contributed by atoms with Gasteiger partial charge in [-0.15, -0.1) is 11.3 Å². The molecule has 3 aromatic carbocycles. The molecule has 0 atom stereocenters. The Morgan fingerprint density at radius 3 is 2.67 bits per heavy atom. The maximum absolute atomic E-state index is 12.6. The Kier molecular flexibility index (Phi) is 6.09. The number of amides is 1. The van der Waals surface area contributed by atoms with Gasteiger partial charge in [-0.05, 0) is 23.4 Å². The summed E-state index contributed by atoms with van der Waals surface area (Å²) in [5.41, 5.74) is 5.38. The molecule has 0 aliphatic carbocycles. The normalized spacial score (nSPS) is 11.2. The number of aromatic nitrogens is 2. The van der Waals surface area contributed by atoms with Gasteiger partial charge < -0.3 is 10.6 Å². The molecule has 0 aliphatic rings. The molecule has 2 heterocycles. The van der Waals surface area contributed by atoms with Gasteiger partial charge in [0.25, 0.3) is 0 Å². The van der Waals surface area contributed by atoms with Crippen LogP contribution in [0, 0.1) is 0 Å². The van der Waals surface area contributed by atoms with Crippen LogP contribution < -0.4 is 10.6 Å². The third-order valence-electron chi connectivity index (χ3n) is 5.84. The molecule has 0 unspecified atom stereocenters. The molecule has 5 rings (SSSR count). The Labute approximate surface area is 197 Å². The summed E-state index contributed by atoms with van der Waals surface area (Å²) in [7, 11) is 0. The van der Waals surface area contributed by atoms with Gasteiger partial charge in [0.2, 0.25) is 5.91 Å². The van der Waals surface area contributed by atoms with Gasteiger partial charge in [-0.2, -0.15) is 0 Å². The smallest absolute Gasteiger partial charge is 0.226 e. The third kappa shape index (κ3) is 4.61. The standard InChI is InChI=1S/C27H26N4OS/c1-2-19-10-12-21(13-11-19)25-17-31-22(18-33-27(31)30-25)16-26(32)29-15-14-28-24-9-5-7-20-6-3-4-8-23(20)24/h3-13,17-18,28H,2,14-16H2,1H3,(H,29,32). The summed E-state index contributed by atoms with van der Waals surface area (Å²) < 4.78 is 2.03. The van der Waals surface area contributed by atoms with Crippen LogP contribution >= 0.6 is 11.3 Å². The first-order valence-corrected chi connectivity index (χ1v) is 12.1. The fraction of sp³-hybridized carbons (Fsp3) is 0.185. The molecule has 0 spiro atoms. The van der Waals surface area contributed by atoms with E-state index in [1.165, 1.54) is 16.3 Å². The van der Waals surface area contributed by atoms with E-state index < -0.39 is 0 Å². The lowest BCUT2D eigenvalue weighted by molar-refractivity contribution is -0.120. The molecule has 5 aromatic rings. The Morgan fingerprint density at radius 1 is 1.00 bits per heavy atom. The number of carbonyl (C=O) groups excluding carboxylic acids is 1. The number of thiazole rings is 1. The molecule has 0 aliphatic heterocycles. The summed E-state index contributed by atoms with van der Waals surface area (Å²) in [6, 6.07) is 23.0. The first-order chi connectivity index (χ1) is 16.2. The Balaban J connectivity index is 1.18. The number of nitrogens with one attached hydrogen (secondary N) is 2. The van der Waals surface area contributed by atoms with Crippen LogP contribution in [0.4, 0.5) is 5.69 Å². The van der Waals surface area contributed by atoms with Gasteiger partial charge in [-0.1, -0.05) is 67.6 Å². The summed E-state index contributed by atoms with van der Waals surface area (Å²) in [6.45, 7) is 3.38. The average molecular weight is 455 g/mol. The van der Waals surface area contributed by atoms with Crippen molar-refractivity contribution < 1.29 is 4.79 Å². The minimum absolute atomic E-state index is 0.0111. The summed E-state index contributed by atoms with van der Waals surface area (Å²) in [4.78, 5) is 18.2. The molecular weight excluding hydrogens is 428 g/mol. The van der Waals surface area contributed by atoms with E-state index in [9.17, 15) is 4.79 Å². The number of carbonyl (C=O) groups is 1. The second-order valence-corrected chi connectivity index (χ2v) is 8.87.